The molecule has 6 heteroatoms. The van der Waals surface area contributed by atoms with Gasteiger partial charge >= 0.3 is 0 Å². The minimum Gasteiger partial charge on any atom is -0.346 e. The summed E-state index contributed by atoms with van der Waals surface area (Å²) in [6.45, 7) is 2.78. The summed E-state index contributed by atoms with van der Waals surface area (Å²) in [6.07, 6.45) is 6.03. The van der Waals surface area contributed by atoms with Crippen LogP contribution < -0.4 is 5.32 Å². The van der Waals surface area contributed by atoms with Crippen molar-refractivity contribution in [2.24, 2.45) is 11.8 Å². The van der Waals surface area contributed by atoms with Crippen LogP contribution in [0.5, 0.6) is 0 Å². The molecule has 1 aliphatic heterocycles. The number of nitrogens with one attached hydrogen (secondary N) is 1. The lowest BCUT2D eigenvalue weighted by atomic mass is 9.90. The third kappa shape index (κ3) is 4.30. The van der Waals surface area contributed by atoms with E-state index in [-0.39, 0.29) is 23.7 Å². The molecule has 0 unspecified atom stereocenters. The molecule has 1 saturated heterocycles. The SMILES string of the molecule is O=C(N[C@H](c1nccs1)[C@H]1CCCN(Cc2ccc(F)cc2)C1)C1CC1. The Labute approximate surface area is 157 Å². The molecule has 4 rings (SSSR count). The van der Waals surface area contributed by atoms with Gasteiger partial charge in [0, 0.05) is 30.6 Å². The van der Waals surface area contributed by atoms with E-state index in [9.17, 15) is 9.18 Å². The molecule has 2 aromatic rings. The molecule has 1 amide bonds. The van der Waals surface area contributed by atoms with E-state index in [1.807, 2.05) is 23.7 Å². The van der Waals surface area contributed by atoms with E-state index in [2.05, 4.69) is 15.2 Å². The summed E-state index contributed by atoms with van der Waals surface area (Å²) in [5.41, 5.74) is 1.12. The average Bonchev–Trinajstić information content (AvgIpc) is 3.37. The van der Waals surface area contributed by atoms with Crippen molar-refractivity contribution < 1.29 is 9.18 Å². The summed E-state index contributed by atoms with van der Waals surface area (Å²) < 4.78 is 13.1. The summed E-state index contributed by atoms with van der Waals surface area (Å²) in [5.74, 6) is 0.548. The highest BCUT2D eigenvalue weighted by atomic mass is 32.1. The van der Waals surface area contributed by atoms with E-state index in [1.165, 1.54) is 12.1 Å². The van der Waals surface area contributed by atoms with E-state index < -0.39 is 0 Å². The van der Waals surface area contributed by atoms with Crippen LogP contribution in [0.15, 0.2) is 35.8 Å². The lowest BCUT2D eigenvalue weighted by molar-refractivity contribution is -0.123. The number of aromatic nitrogens is 1. The molecule has 4 nitrogen and oxygen atoms in total. The number of benzene rings is 1. The topological polar surface area (TPSA) is 45.2 Å². The van der Waals surface area contributed by atoms with Crippen LogP contribution in [0.4, 0.5) is 4.39 Å². The first-order valence-electron chi connectivity index (χ1n) is 9.35. The Hall–Kier alpha value is -1.79. The molecule has 2 fully saturated rings. The average molecular weight is 373 g/mol. The molecule has 0 radical (unpaired) electrons. The third-order valence-electron chi connectivity index (χ3n) is 5.30. The minimum atomic E-state index is -0.197. The number of carbonyl (C=O) groups is 1. The van der Waals surface area contributed by atoms with Gasteiger partial charge < -0.3 is 5.32 Å². The monoisotopic (exact) mass is 373 g/mol. The molecule has 1 N–H and O–H groups in total. The number of hydrogen-bond donors (Lipinski definition) is 1. The van der Waals surface area contributed by atoms with E-state index in [0.29, 0.717) is 5.92 Å². The van der Waals surface area contributed by atoms with Crippen molar-refractivity contribution in [2.45, 2.75) is 38.3 Å². The first-order chi connectivity index (χ1) is 12.7. The van der Waals surface area contributed by atoms with Gasteiger partial charge in [-0.1, -0.05) is 12.1 Å². The molecular weight excluding hydrogens is 349 g/mol. The summed E-state index contributed by atoms with van der Waals surface area (Å²) in [7, 11) is 0. The molecule has 138 valence electrons. The zero-order valence-electron chi connectivity index (χ0n) is 14.7. The zero-order chi connectivity index (χ0) is 17.9. The predicted octanol–water partition coefficient (Wildman–Crippen LogP) is 3.76. The molecule has 0 spiro atoms. The molecule has 1 aromatic heterocycles. The number of rotatable bonds is 6. The molecule has 1 saturated carbocycles. The second-order valence-corrected chi connectivity index (χ2v) is 8.32. The molecular formula is C20H24FN3OS. The molecule has 26 heavy (non-hydrogen) atoms. The fraction of sp³-hybridized carbons (Fsp3) is 0.500. The fourth-order valence-electron chi connectivity index (χ4n) is 3.74. The van der Waals surface area contributed by atoms with Crippen molar-refractivity contribution in [1.82, 2.24) is 15.2 Å². The zero-order valence-corrected chi connectivity index (χ0v) is 15.6. The molecule has 1 aliphatic carbocycles. The highest BCUT2D eigenvalue weighted by Crippen LogP contribution is 2.34. The van der Waals surface area contributed by atoms with Gasteiger partial charge in [0.2, 0.25) is 5.91 Å². The van der Waals surface area contributed by atoms with Gasteiger partial charge in [0.1, 0.15) is 10.8 Å². The normalized spacial score (nSPS) is 22.1. The van der Waals surface area contributed by atoms with Gasteiger partial charge in [-0.3, -0.25) is 9.69 Å². The van der Waals surface area contributed by atoms with E-state index in [4.69, 9.17) is 0 Å². The van der Waals surface area contributed by atoms with Crippen molar-refractivity contribution in [3.8, 4) is 0 Å². The molecule has 2 heterocycles. The van der Waals surface area contributed by atoms with Crippen LogP contribution in [0.25, 0.3) is 0 Å². The Kier molecular flexibility index (Phi) is 5.31. The lowest BCUT2D eigenvalue weighted by Crippen LogP contribution is -2.43. The van der Waals surface area contributed by atoms with Crippen molar-refractivity contribution >= 4 is 17.2 Å². The fourth-order valence-corrected chi connectivity index (χ4v) is 4.52. The van der Waals surface area contributed by atoms with Gasteiger partial charge in [0.05, 0.1) is 6.04 Å². The minimum absolute atomic E-state index is 0.000817. The maximum absolute atomic E-state index is 13.1. The van der Waals surface area contributed by atoms with E-state index in [1.54, 1.807) is 11.3 Å². The smallest absolute Gasteiger partial charge is 0.223 e. The van der Waals surface area contributed by atoms with E-state index >= 15 is 0 Å². The highest BCUT2D eigenvalue weighted by Gasteiger charge is 2.35. The number of thiazole rings is 1. The van der Waals surface area contributed by atoms with Crippen molar-refractivity contribution in [1.29, 1.82) is 0 Å². The molecule has 0 bridgehead atoms. The van der Waals surface area contributed by atoms with Gasteiger partial charge in [0.25, 0.3) is 0 Å². The summed E-state index contributed by atoms with van der Waals surface area (Å²) in [4.78, 5) is 19.3. The van der Waals surface area contributed by atoms with Gasteiger partial charge in [-0.25, -0.2) is 9.37 Å². The maximum Gasteiger partial charge on any atom is 0.223 e. The van der Waals surface area contributed by atoms with Gasteiger partial charge in [0.15, 0.2) is 0 Å². The Bertz CT molecular complexity index is 730. The summed E-state index contributed by atoms with van der Waals surface area (Å²) in [5, 5.41) is 6.26. The van der Waals surface area contributed by atoms with Gasteiger partial charge in [-0.2, -0.15) is 0 Å². The Balaban J connectivity index is 1.44. The number of carbonyl (C=O) groups excluding carboxylic acids is 1. The van der Waals surface area contributed by atoms with Crippen molar-refractivity contribution in [2.75, 3.05) is 13.1 Å². The second-order valence-electron chi connectivity index (χ2n) is 7.39. The van der Waals surface area contributed by atoms with Crippen LogP contribution in [0, 0.1) is 17.7 Å². The van der Waals surface area contributed by atoms with Crippen LogP contribution >= 0.6 is 11.3 Å². The number of piperidine rings is 1. The third-order valence-corrected chi connectivity index (χ3v) is 6.15. The number of halogens is 1. The number of likely N-dealkylation sites (tertiary alicyclic amines) is 1. The van der Waals surface area contributed by atoms with Crippen molar-refractivity contribution in [3.63, 3.8) is 0 Å². The highest BCUT2D eigenvalue weighted by molar-refractivity contribution is 7.09. The Morgan fingerprint density at radius 2 is 2.12 bits per heavy atom. The first kappa shape index (κ1) is 17.6. The maximum atomic E-state index is 13.1. The number of nitrogens with zero attached hydrogens (tertiary/aromatic N) is 2. The quantitative estimate of drug-likeness (QED) is 0.839. The summed E-state index contributed by atoms with van der Waals surface area (Å²) in [6, 6.07) is 6.74. The van der Waals surface area contributed by atoms with Gasteiger partial charge in [-0.15, -0.1) is 11.3 Å². The van der Waals surface area contributed by atoms with Crippen LogP contribution in [0.2, 0.25) is 0 Å². The number of amides is 1. The van der Waals surface area contributed by atoms with Crippen LogP contribution in [-0.2, 0) is 11.3 Å². The second kappa shape index (κ2) is 7.84. The number of hydrogen-bond acceptors (Lipinski definition) is 4. The summed E-state index contributed by atoms with van der Waals surface area (Å²) >= 11 is 1.62. The van der Waals surface area contributed by atoms with Gasteiger partial charge in [-0.05, 0) is 55.8 Å². The lowest BCUT2D eigenvalue weighted by Gasteiger charge is -2.36. The van der Waals surface area contributed by atoms with E-state index in [0.717, 1.165) is 55.9 Å². The largest absolute Gasteiger partial charge is 0.346 e. The predicted molar refractivity (Wildman–Crippen MR) is 100 cm³/mol. The molecule has 2 atom stereocenters. The Morgan fingerprint density at radius 1 is 1.31 bits per heavy atom. The Morgan fingerprint density at radius 3 is 2.81 bits per heavy atom. The standard InChI is InChI=1S/C20H24FN3OS/c21-17-7-3-14(4-8-17)12-24-10-1-2-16(13-24)18(20-22-9-11-26-20)23-19(25)15-5-6-15/h3-4,7-9,11,15-16,18H,1-2,5-6,10,12-13H2,(H,23,25)/t16-,18-/m0/s1. The van der Waals surface area contributed by atoms with Crippen LogP contribution in [0.1, 0.15) is 42.3 Å². The van der Waals surface area contributed by atoms with Crippen LogP contribution in [0.3, 0.4) is 0 Å². The molecule has 2 aliphatic rings. The molecule has 1 aromatic carbocycles. The van der Waals surface area contributed by atoms with Crippen molar-refractivity contribution in [3.05, 3.63) is 52.2 Å². The van der Waals surface area contributed by atoms with Crippen LogP contribution in [-0.4, -0.2) is 28.9 Å². The first-order valence-corrected chi connectivity index (χ1v) is 10.2.